The van der Waals surface area contributed by atoms with Crippen molar-refractivity contribution in [1.82, 2.24) is 20.0 Å². The first-order chi connectivity index (χ1) is 11.9. The molecular weight excluding hydrogens is 312 g/mol. The molecule has 0 bridgehead atoms. The summed E-state index contributed by atoms with van der Waals surface area (Å²) in [6.07, 6.45) is 0. The van der Waals surface area contributed by atoms with Crippen molar-refractivity contribution in [3.8, 4) is 0 Å². The Morgan fingerprint density at radius 1 is 1.20 bits per heavy atom. The molecule has 2 heterocycles. The molecule has 2 saturated heterocycles. The van der Waals surface area contributed by atoms with Crippen LogP contribution in [-0.2, 0) is 6.54 Å². The fraction of sp³-hybridized carbons (Fsp3) is 0.650. The second kappa shape index (κ2) is 7.34. The zero-order chi connectivity index (χ0) is 18.0. The summed E-state index contributed by atoms with van der Waals surface area (Å²) < 4.78 is 0. The van der Waals surface area contributed by atoms with Gasteiger partial charge < -0.3 is 10.2 Å². The number of hydrogen-bond acceptors (Lipinski definition) is 3. The number of nitrogens with zero attached hydrogens (tertiary/aromatic N) is 3. The Balaban J connectivity index is 1.63. The lowest BCUT2D eigenvalue weighted by Gasteiger charge is -2.56. The molecule has 5 heteroatoms. The average Bonchev–Trinajstić information content (AvgIpc) is 2.59. The smallest absolute Gasteiger partial charge is 0.317 e. The fourth-order valence-corrected chi connectivity index (χ4v) is 4.22. The second-order valence-electron chi connectivity index (χ2n) is 8.27. The summed E-state index contributed by atoms with van der Waals surface area (Å²) >= 11 is 0. The maximum Gasteiger partial charge on any atom is 0.317 e. The molecule has 1 atom stereocenters. The quantitative estimate of drug-likeness (QED) is 0.915. The van der Waals surface area contributed by atoms with Gasteiger partial charge in [0.15, 0.2) is 0 Å². The molecule has 3 rings (SSSR count). The molecule has 2 aliphatic heterocycles. The number of hydrogen-bond donors (Lipinski definition) is 1. The highest BCUT2D eigenvalue weighted by Gasteiger charge is 2.43. The molecule has 2 aliphatic rings. The van der Waals surface area contributed by atoms with Crippen molar-refractivity contribution in [1.29, 1.82) is 0 Å². The van der Waals surface area contributed by atoms with E-state index in [-0.39, 0.29) is 11.6 Å². The van der Waals surface area contributed by atoms with Gasteiger partial charge in [-0.2, -0.15) is 0 Å². The van der Waals surface area contributed by atoms with Gasteiger partial charge in [-0.3, -0.25) is 9.80 Å². The van der Waals surface area contributed by atoms with E-state index in [1.165, 1.54) is 0 Å². The van der Waals surface area contributed by atoms with Gasteiger partial charge in [0.05, 0.1) is 0 Å². The molecule has 5 nitrogen and oxygen atoms in total. The Bertz CT molecular complexity index is 587. The van der Waals surface area contributed by atoms with Crippen molar-refractivity contribution < 1.29 is 4.79 Å². The van der Waals surface area contributed by atoms with Gasteiger partial charge in [0.1, 0.15) is 0 Å². The summed E-state index contributed by atoms with van der Waals surface area (Å²) in [4.78, 5) is 19.9. The molecule has 138 valence electrons. The van der Waals surface area contributed by atoms with Crippen LogP contribution in [0.4, 0.5) is 4.79 Å². The van der Waals surface area contributed by atoms with Gasteiger partial charge in [-0.05, 0) is 33.3 Å². The van der Waals surface area contributed by atoms with E-state index in [1.54, 1.807) is 0 Å². The van der Waals surface area contributed by atoms with Crippen molar-refractivity contribution in [2.24, 2.45) is 0 Å². The van der Waals surface area contributed by atoms with E-state index >= 15 is 0 Å². The highest BCUT2D eigenvalue weighted by atomic mass is 16.2. The Kier molecular flexibility index (Phi) is 5.35. The first-order valence-corrected chi connectivity index (χ1v) is 9.44. The van der Waals surface area contributed by atoms with Crippen LogP contribution < -0.4 is 5.32 Å². The summed E-state index contributed by atoms with van der Waals surface area (Å²) in [5.41, 5.74) is 1.16. The van der Waals surface area contributed by atoms with Gasteiger partial charge >= 0.3 is 6.03 Å². The highest BCUT2D eigenvalue weighted by molar-refractivity contribution is 5.74. The second-order valence-corrected chi connectivity index (χ2v) is 8.27. The molecule has 0 saturated carbocycles. The predicted molar refractivity (Wildman–Crippen MR) is 102 cm³/mol. The summed E-state index contributed by atoms with van der Waals surface area (Å²) in [6, 6.07) is 11.1. The molecule has 0 radical (unpaired) electrons. The van der Waals surface area contributed by atoms with Gasteiger partial charge in [-0.15, -0.1) is 0 Å². The Hall–Kier alpha value is -1.59. The van der Waals surface area contributed by atoms with Crippen molar-refractivity contribution >= 4 is 6.03 Å². The van der Waals surface area contributed by atoms with E-state index in [1.807, 2.05) is 35.2 Å². The summed E-state index contributed by atoms with van der Waals surface area (Å²) in [6.45, 7) is 14.5. The molecular formula is C20H32N4O. The van der Waals surface area contributed by atoms with E-state index in [0.717, 1.165) is 38.3 Å². The monoisotopic (exact) mass is 344 g/mol. The van der Waals surface area contributed by atoms with Crippen molar-refractivity contribution in [2.75, 3.05) is 32.7 Å². The number of piperazine rings is 2. The lowest BCUT2D eigenvalue weighted by atomic mass is 9.92. The van der Waals surface area contributed by atoms with Crippen molar-refractivity contribution in [3.63, 3.8) is 0 Å². The predicted octanol–water partition coefficient (Wildman–Crippen LogP) is 2.38. The van der Waals surface area contributed by atoms with E-state index in [0.29, 0.717) is 18.6 Å². The first kappa shape index (κ1) is 18.2. The zero-order valence-electron chi connectivity index (χ0n) is 16.0. The molecule has 1 aromatic carbocycles. The minimum atomic E-state index is 0.0239. The van der Waals surface area contributed by atoms with Crippen LogP contribution in [0.3, 0.4) is 0 Å². The van der Waals surface area contributed by atoms with Gasteiger partial charge in [0.25, 0.3) is 0 Å². The number of urea groups is 1. The topological polar surface area (TPSA) is 38.8 Å². The van der Waals surface area contributed by atoms with Crippen molar-refractivity contribution in [3.05, 3.63) is 35.9 Å². The third-order valence-corrected chi connectivity index (χ3v) is 5.60. The third-order valence-electron chi connectivity index (χ3n) is 5.60. The number of rotatable bonds is 3. The molecule has 0 unspecified atom stereocenters. The summed E-state index contributed by atoms with van der Waals surface area (Å²) in [5.74, 6) is 0. The Labute approximate surface area is 152 Å². The number of carbonyl (C=O) groups is 1. The van der Waals surface area contributed by atoms with E-state index in [2.05, 4.69) is 42.8 Å². The number of carbonyl (C=O) groups excluding carboxylic acids is 1. The van der Waals surface area contributed by atoms with Crippen molar-refractivity contribution in [2.45, 2.75) is 51.9 Å². The number of amides is 2. The fourth-order valence-electron chi connectivity index (χ4n) is 4.22. The molecule has 25 heavy (non-hydrogen) atoms. The standard InChI is InChI=1S/C20H32N4O/c1-16(2)22-10-11-24-18(13-22)14-23(15-20(24,3)4)19(25)21-12-17-8-6-5-7-9-17/h5-9,16,18H,10-15H2,1-4H3,(H,21,25)/t18-/m0/s1. The summed E-state index contributed by atoms with van der Waals surface area (Å²) in [5, 5.41) is 3.09. The van der Waals surface area contributed by atoms with Crippen LogP contribution in [0.1, 0.15) is 33.3 Å². The van der Waals surface area contributed by atoms with Gasteiger partial charge in [0.2, 0.25) is 0 Å². The van der Waals surface area contributed by atoms with Crippen LogP contribution >= 0.6 is 0 Å². The molecule has 1 N–H and O–H groups in total. The van der Waals surface area contributed by atoms with Crippen LogP contribution in [0.5, 0.6) is 0 Å². The van der Waals surface area contributed by atoms with Crippen LogP contribution in [-0.4, -0.2) is 71.1 Å². The normalized spacial score (nSPS) is 24.2. The maximum absolute atomic E-state index is 12.7. The lowest BCUT2D eigenvalue weighted by Crippen LogP contribution is -2.71. The first-order valence-electron chi connectivity index (χ1n) is 9.44. The molecule has 0 aromatic heterocycles. The van der Waals surface area contributed by atoms with Crippen LogP contribution in [0.25, 0.3) is 0 Å². The largest absolute Gasteiger partial charge is 0.334 e. The zero-order valence-corrected chi connectivity index (χ0v) is 16.0. The minimum absolute atomic E-state index is 0.0239. The SMILES string of the molecule is CC(C)N1CCN2[C@H](CN(C(=O)NCc3ccccc3)CC2(C)C)C1. The van der Waals surface area contributed by atoms with Gasteiger partial charge in [-0.1, -0.05) is 30.3 Å². The Morgan fingerprint density at radius 3 is 2.60 bits per heavy atom. The molecule has 0 aliphatic carbocycles. The lowest BCUT2D eigenvalue weighted by molar-refractivity contribution is -0.0583. The number of benzene rings is 1. The Morgan fingerprint density at radius 2 is 1.92 bits per heavy atom. The van der Waals surface area contributed by atoms with Gasteiger partial charge in [-0.25, -0.2) is 4.79 Å². The third kappa shape index (κ3) is 4.15. The van der Waals surface area contributed by atoms with Crippen LogP contribution in [0.15, 0.2) is 30.3 Å². The number of nitrogens with one attached hydrogen (secondary N) is 1. The van der Waals surface area contributed by atoms with E-state index in [9.17, 15) is 4.79 Å². The molecule has 1 aromatic rings. The van der Waals surface area contributed by atoms with E-state index < -0.39 is 0 Å². The highest BCUT2D eigenvalue weighted by Crippen LogP contribution is 2.28. The van der Waals surface area contributed by atoms with Gasteiger partial charge in [0, 0.05) is 56.9 Å². The summed E-state index contributed by atoms with van der Waals surface area (Å²) in [7, 11) is 0. The average molecular weight is 345 g/mol. The number of fused-ring (bicyclic) bond motifs is 1. The molecule has 2 amide bonds. The maximum atomic E-state index is 12.7. The molecule has 2 fully saturated rings. The minimum Gasteiger partial charge on any atom is -0.334 e. The van der Waals surface area contributed by atoms with Crippen LogP contribution in [0, 0.1) is 0 Å². The van der Waals surface area contributed by atoms with Crippen LogP contribution in [0.2, 0.25) is 0 Å². The van der Waals surface area contributed by atoms with E-state index in [4.69, 9.17) is 0 Å². The molecule has 0 spiro atoms.